The van der Waals surface area contributed by atoms with Crippen LogP contribution in [0.5, 0.6) is 11.5 Å². The molecule has 69 heavy (non-hydrogen) atoms. The topological polar surface area (TPSA) is 349 Å². The molecule has 1 atom stereocenters. The molecular formula is C39H39Cl2KN14NaO9PS2. The molecule has 4 aromatic heterocycles. The van der Waals surface area contributed by atoms with Gasteiger partial charge >= 0.3 is 95.0 Å². The molecule has 4 aromatic carbocycles. The van der Waals surface area contributed by atoms with Gasteiger partial charge in [0, 0.05) is 39.0 Å². The van der Waals surface area contributed by atoms with E-state index in [4.69, 9.17) is 64.0 Å². The average molecular weight is 1080 g/mol. The number of aromatic nitrogens is 6. The Morgan fingerprint density at radius 2 is 1.35 bits per heavy atom. The second kappa shape index (κ2) is 34.6. The van der Waals surface area contributed by atoms with Gasteiger partial charge in [-0.05, 0) is 40.0 Å². The van der Waals surface area contributed by atoms with Crippen molar-refractivity contribution < 1.29 is 123 Å². The number of aliphatic hydroxyl groups is 1. The van der Waals surface area contributed by atoms with Crippen LogP contribution in [0.3, 0.4) is 0 Å². The third-order valence-electron chi connectivity index (χ3n) is 7.54. The SMILES string of the molecule is CO.C[n+]1[nH]ccc1N=Nc1sc(N)nc1-c1ccccc1.Cn1nccc1N=Nc1sc(N=Nc2ccc(O)c(Cl)c2)nc1-c1ccccc1.O=N[O-].O=[P+]([O-])O[O-].Oc1ccccc1Cl.[H-].[HH].[K+].[Na+]. The maximum absolute atomic E-state index is 9.51. The fourth-order valence-electron chi connectivity index (χ4n) is 4.65. The minimum Gasteiger partial charge on any atom is -1.00 e. The van der Waals surface area contributed by atoms with Crippen LogP contribution in [-0.2, 0) is 23.3 Å². The van der Waals surface area contributed by atoms with Gasteiger partial charge in [0.15, 0.2) is 21.0 Å². The number of para-hydroxylation sites is 1. The molecular weight excluding hydrogens is 1040 g/mol. The number of nitrogens with two attached hydrogens (primary N) is 1. The predicted molar refractivity (Wildman–Crippen MR) is 253 cm³/mol. The summed E-state index contributed by atoms with van der Waals surface area (Å²) in [5, 5.41) is 78.1. The number of azo groups is 3. The van der Waals surface area contributed by atoms with Gasteiger partial charge in [-0.15, -0.1) is 25.8 Å². The number of aryl methyl sites for hydroxylation is 2. The van der Waals surface area contributed by atoms with Crippen LogP contribution in [0.2, 0.25) is 10.0 Å². The Kier molecular flexibility index (Phi) is 31.2. The standard InChI is InChI=1S/C19H14ClN7OS.C13H12N6S.C6H5ClO.CH4O.K.HNO2.Na.HO4P.H2.H/c1-27-16(9-10-21-27)24-25-18-17(12-5-3-2-4-6-12)22-19(29-18)26-23-13-7-8-15(28)14(20)11-13;1-19-10(7-8-15-19)17-18-12-11(16-13(14)20-12)9-5-3-2-4-6-9;7-5-3-1-2-4-6(5)8;1-2;;2-1-3;;1-4-5(2)3;;/h2-11,28H,1H3;2-8H,1H3,(H2,14,15,16,17);1-4,8H;2H,1H3;;(H,2,3);;1H;1H;/q;;;;+1;;+1;;;-1/p-1. The Labute approximate surface area is 479 Å². The third kappa shape index (κ3) is 21.9. The molecule has 0 saturated heterocycles. The Morgan fingerprint density at radius 3 is 1.84 bits per heavy atom. The minimum atomic E-state index is -3.15. The van der Waals surface area contributed by atoms with Crippen LogP contribution in [0, 0.1) is 10.1 Å². The first-order valence-electron chi connectivity index (χ1n) is 18.2. The first kappa shape index (κ1) is 62.3. The molecule has 8 aromatic rings. The molecule has 0 aliphatic rings. The van der Waals surface area contributed by atoms with Crippen LogP contribution < -0.4 is 102 Å². The number of phenols is 2. The van der Waals surface area contributed by atoms with Gasteiger partial charge in [-0.25, -0.2) is 24.4 Å². The van der Waals surface area contributed by atoms with Gasteiger partial charge in [-0.1, -0.05) is 119 Å². The summed E-state index contributed by atoms with van der Waals surface area (Å²) in [5.74, 6) is 1.48. The molecule has 6 N–H and O–H groups in total. The number of rotatable bonds is 9. The van der Waals surface area contributed by atoms with E-state index >= 15 is 0 Å². The number of thiazole rings is 2. The Morgan fingerprint density at radius 1 is 0.812 bits per heavy atom. The van der Waals surface area contributed by atoms with E-state index in [2.05, 4.69) is 55.5 Å². The summed E-state index contributed by atoms with van der Waals surface area (Å²) < 4.78 is 14.7. The number of aromatic hydroxyl groups is 2. The van der Waals surface area contributed by atoms with Crippen molar-refractivity contribution in [2.75, 3.05) is 12.8 Å². The quantitative estimate of drug-likeness (QED) is 0.0257. The number of nitrogens with one attached hydrogen (secondary N) is 1. The first-order valence-corrected chi connectivity index (χ1v) is 21.7. The van der Waals surface area contributed by atoms with E-state index in [0.29, 0.717) is 42.5 Å². The normalized spacial score (nSPS) is 10.3. The van der Waals surface area contributed by atoms with Crippen LogP contribution in [0.15, 0.2) is 164 Å². The molecule has 0 radical (unpaired) electrons. The molecule has 23 nitrogen and oxygen atoms in total. The molecule has 352 valence electrons. The number of aromatic amines is 1. The second-order valence-corrected chi connectivity index (χ2v) is 15.2. The van der Waals surface area contributed by atoms with Crippen molar-refractivity contribution in [3.8, 4) is 34.0 Å². The van der Waals surface area contributed by atoms with Crippen molar-refractivity contribution in [2.45, 2.75) is 0 Å². The number of phenolic OH excluding ortho intramolecular Hbond substituents is 2. The Balaban J connectivity index is 0. The number of hydrogen-bond donors (Lipinski definition) is 5. The van der Waals surface area contributed by atoms with E-state index in [-0.39, 0.29) is 100 Å². The molecule has 30 heteroatoms. The molecule has 0 spiro atoms. The van der Waals surface area contributed by atoms with Gasteiger partial charge in [-0.3, -0.25) is 0 Å². The third-order valence-corrected chi connectivity index (χ3v) is 9.88. The largest absolute Gasteiger partial charge is 1.00 e. The summed E-state index contributed by atoms with van der Waals surface area (Å²) in [5.41, 5.74) is 9.60. The van der Waals surface area contributed by atoms with Crippen molar-refractivity contribution in [2.24, 2.45) is 50.1 Å². The summed E-state index contributed by atoms with van der Waals surface area (Å²) >= 11 is 14.0. The van der Waals surface area contributed by atoms with Crippen LogP contribution in [0.25, 0.3) is 22.5 Å². The minimum absolute atomic E-state index is 0. The number of benzene rings is 4. The molecule has 0 aliphatic carbocycles. The zero-order valence-electron chi connectivity index (χ0n) is 37.9. The average Bonchev–Trinajstić information content (AvgIpc) is 4.15. The number of anilines is 1. The summed E-state index contributed by atoms with van der Waals surface area (Å²) in [4.78, 5) is 25.8. The van der Waals surface area contributed by atoms with Crippen LogP contribution in [0.1, 0.15) is 2.85 Å². The predicted octanol–water partition coefficient (Wildman–Crippen LogP) is 4.26. The van der Waals surface area contributed by atoms with Crippen LogP contribution in [0.4, 0.5) is 37.6 Å². The molecule has 4 heterocycles. The zero-order chi connectivity index (χ0) is 49.1. The number of nitrogens with zero attached hydrogens (tertiary/aromatic N) is 12. The van der Waals surface area contributed by atoms with Gasteiger partial charge in [0.05, 0.1) is 33.1 Å². The maximum atomic E-state index is 9.51. The van der Waals surface area contributed by atoms with E-state index < -0.39 is 8.25 Å². The molecule has 0 amide bonds. The van der Waals surface area contributed by atoms with Crippen LogP contribution in [-0.4, -0.2) is 47.3 Å². The Hall–Kier alpha value is -4.68. The van der Waals surface area contributed by atoms with Crippen LogP contribution >= 0.6 is 54.1 Å². The summed E-state index contributed by atoms with van der Waals surface area (Å²) in [7, 11) is 1.51. The fourth-order valence-corrected chi connectivity index (χ4v) is 6.37. The molecule has 0 saturated carbocycles. The second-order valence-electron chi connectivity index (χ2n) is 11.8. The number of halogens is 2. The molecule has 0 bridgehead atoms. The number of hydrogen-bond acceptors (Lipinski definition) is 22. The van der Waals surface area contributed by atoms with Crippen molar-refractivity contribution >= 4 is 91.7 Å². The van der Waals surface area contributed by atoms with Gasteiger partial charge in [0.25, 0.3) is 0 Å². The zero-order valence-corrected chi connectivity index (χ0v) is 46.0. The van der Waals surface area contributed by atoms with Crippen molar-refractivity contribution in [3.63, 3.8) is 0 Å². The number of nitrogen functional groups attached to an aromatic ring is 1. The van der Waals surface area contributed by atoms with Gasteiger partial charge < -0.3 is 42.7 Å². The van der Waals surface area contributed by atoms with Gasteiger partial charge in [0.1, 0.15) is 29.9 Å². The molecule has 0 fully saturated rings. The molecule has 1 unspecified atom stereocenters. The summed E-state index contributed by atoms with van der Waals surface area (Å²) in [6.07, 6.45) is 3.45. The number of aliphatic hydroxyl groups excluding tert-OH is 1. The maximum Gasteiger partial charge on any atom is 1.00 e. The van der Waals surface area contributed by atoms with Crippen molar-refractivity contribution in [1.29, 1.82) is 0 Å². The summed E-state index contributed by atoms with van der Waals surface area (Å²) in [6, 6.07) is 34.4. The van der Waals surface area contributed by atoms with Gasteiger partial charge in [-0.2, -0.15) is 9.78 Å². The monoisotopic (exact) mass is 1070 g/mol. The Bertz CT molecular complexity index is 2860. The molecule has 8 rings (SSSR count). The van der Waals surface area contributed by atoms with E-state index in [9.17, 15) is 5.11 Å². The fraction of sp³-hybridized carbons (Fsp3) is 0.0769. The van der Waals surface area contributed by atoms with Crippen molar-refractivity contribution in [3.05, 3.63) is 148 Å². The number of H-pyrrole nitrogens is 1. The summed E-state index contributed by atoms with van der Waals surface area (Å²) in [6.45, 7) is 0. The van der Waals surface area contributed by atoms with E-state index in [1.165, 1.54) is 34.8 Å². The van der Waals surface area contributed by atoms with E-state index in [1.807, 2.05) is 73.8 Å². The smallest absolute Gasteiger partial charge is 1.00 e. The van der Waals surface area contributed by atoms with E-state index in [1.54, 1.807) is 65.2 Å². The first-order chi connectivity index (χ1) is 32.3. The van der Waals surface area contributed by atoms with Gasteiger partial charge in [0.2, 0.25) is 5.13 Å². The van der Waals surface area contributed by atoms with Crippen molar-refractivity contribution in [1.82, 2.24) is 24.8 Å². The van der Waals surface area contributed by atoms with E-state index in [0.717, 1.165) is 35.1 Å². The molecule has 0 aliphatic heterocycles.